The van der Waals surface area contributed by atoms with Crippen LogP contribution in [0.15, 0.2) is 72.8 Å². The van der Waals surface area contributed by atoms with Gasteiger partial charge in [0.05, 0.1) is 5.56 Å². The van der Waals surface area contributed by atoms with E-state index >= 15 is 0 Å². The number of halogens is 2. The van der Waals surface area contributed by atoms with E-state index in [1.165, 1.54) is 17.0 Å². The van der Waals surface area contributed by atoms with Crippen molar-refractivity contribution in [3.05, 3.63) is 94.8 Å². The lowest BCUT2D eigenvalue weighted by molar-refractivity contribution is -0.116. The Hall–Kier alpha value is -3.91. The molecule has 1 N–H and O–H groups in total. The van der Waals surface area contributed by atoms with Crippen LogP contribution in [0.2, 0.25) is 5.02 Å². The molecular weight excluding hydrogens is 507 g/mol. The van der Waals surface area contributed by atoms with Crippen molar-refractivity contribution in [2.45, 2.75) is 13.3 Å². The van der Waals surface area contributed by atoms with Crippen LogP contribution in [0, 0.1) is 5.82 Å². The fraction of sp³-hybridized carbons (Fsp3) is 0.276. The minimum Gasteiger partial charge on any atom is -0.368 e. The van der Waals surface area contributed by atoms with Gasteiger partial charge in [0.1, 0.15) is 12.4 Å². The van der Waals surface area contributed by atoms with Gasteiger partial charge in [-0.1, -0.05) is 30.7 Å². The zero-order chi connectivity index (χ0) is 27.1. The van der Waals surface area contributed by atoms with Crippen molar-refractivity contribution >= 4 is 40.7 Å². The Labute approximate surface area is 226 Å². The lowest BCUT2D eigenvalue weighted by Crippen LogP contribution is -2.49. The highest BCUT2D eigenvalue weighted by atomic mass is 35.5. The molecule has 1 fully saturated rings. The van der Waals surface area contributed by atoms with Crippen LogP contribution in [0.25, 0.3) is 0 Å². The molecule has 0 bridgehead atoms. The van der Waals surface area contributed by atoms with Crippen LogP contribution >= 0.6 is 11.6 Å². The average Bonchev–Trinajstić information content (AvgIpc) is 2.93. The number of rotatable bonds is 8. The number of hydrogen-bond acceptors (Lipinski definition) is 4. The molecule has 1 saturated heterocycles. The third-order valence-electron chi connectivity index (χ3n) is 6.39. The summed E-state index contributed by atoms with van der Waals surface area (Å²) >= 11 is 5.92. The van der Waals surface area contributed by atoms with Crippen molar-refractivity contribution in [2.75, 3.05) is 49.5 Å². The lowest BCUT2D eigenvalue weighted by Gasteiger charge is -2.36. The number of nitrogens with zero attached hydrogens (tertiary/aromatic N) is 3. The monoisotopic (exact) mass is 536 g/mol. The molecule has 0 aliphatic carbocycles. The van der Waals surface area contributed by atoms with E-state index in [0.29, 0.717) is 49.0 Å². The normalized spacial score (nSPS) is 13.2. The molecule has 0 radical (unpaired) electrons. The van der Waals surface area contributed by atoms with E-state index in [9.17, 15) is 18.8 Å². The molecule has 3 amide bonds. The van der Waals surface area contributed by atoms with Crippen molar-refractivity contribution in [3.8, 4) is 0 Å². The van der Waals surface area contributed by atoms with Crippen LogP contribution in [0.5, 0.6) is 0 Å². The van der Waals surface area contributed by atoms with Crippen LogP contribution < -0.4 is 10.2 Å². The minimum atomic E-state index is -0.510. The Morgan fingerprint density at radius 3 is 2.21 bits per heavy atom. The molecule has 198 valence electrons. The standard InChI is InChI=1S/C29H30ClFN4O3/c1-2-15-35(28(37)21-7-9-22(30)10-8-21)20-27(36)32-23-11-13-24(14-12-23)33-16-18-34(19-17-33)29(38)25-5-3-4-6-26(25)31/h3-14H,2,15-20H2,1H3,(H,32,36). The molecule has 0 atom stereocenters. The fourth-order valence-electron chi connectivity index (χ4n) is 4.40. The van der Waals surface area contributed by atoms with Gasteiger partial charge in [0.2, 0.25) is 5.91 Å². The highest BCUT2D eigenvalue weighted by Gasteiger charge is 2.24. The molecular formula is C29H30ClFN4O3. The van der Waals surface area contributed by atoms with E-state index < -0.39 is 5.82 Å². The maximum atomic E-state index is 14.0. The predicted molar refractivity (Wildman–Crippen MR) is 147 cm³/mol. The number of anilines is 2. The first-order chi connectivity index (χ1) is 18.4. The Morgan fingerprint density at radius 1 is 0.921 bits per heavy atom. The lowest BCUT2D eigenvalue weighted by atomic mass is 10.1. The predicted octanol–water partition coefficient (Wildman–Crippen LogP) is 4.93. The number of carbonyl (C=O) groups excluding carboxylic acids is 3. The Bertz CT molecular complexity index is 1280. The molecule has 4 rings (SSSR count). The highest BCUT2D eigenvalue weighted by molar-refractivity contribution is 6.30. The summed E-state index contributed by atoms with van der Waals surface area (Å²) < 4.78 is 14.0. The van der Waals surface area contributed by atoms with Crippen LogP contribution in [0.1, 0.15) is 34.1 Å². The molecule has 0 spiro atoms. The van der Waals surface area contributed by atoms with Crippen LogP contribution in [0.4, 0.5) is 15.8 Å². The second kappa shape index (κ2) is 12.6. The molecule has 3 aromatic carbocycles. The summed E-state index contributed by atoms with van der Waals surface area (Å²) in [6, 6.07) is 20.1. The third-order valence-corrected chi connectivity index (χ3v) is 6.65. The molecule has 7 nitrogen and oxygen atoms in total. The molecule has 1 aliphatic rings. The largest absolute Gasteiger partial charge is 0.368 e. The molecule has 38 heavy (non-hydrogen) atoms. The van der Waals surface area contributed by atoms with Gasteiger partial charge < -0.3 is 20.0 Å². The Morgan fingerprint density at radius 2 is 1.58 bits per heavy atom. The summed E-state index contributed by atoms with van der Waals surface area (Å²) in [6.45, 7) is 4.55. The minimum absolute atomic E-state index is 0.0605. The van der Waals surface area contributed by atoms with Gasteiger partial charge in [0.25, 0.3) is 11.8 Å². The van der Waals surface area contributed by atoms with Gasteiger partial charge in [-0.15, -0.1) is 0 Å². The quantitative estimate of drug-likeness (QED) is 0.443. The smallest absolute Gasteiger partial charge is 0.256 e. The van der Waals surface area contributed by atoms with Gasteiger partial charge in [0, 0.05) is 54.7 Å². The Kier molecular flexibility index (Phi) is 8.97. The van der Waals surface area contributed by atoms with Gasteiger partial charge in [-0.3, -0.25) is 14.4 Å². The molecule has 0 unspecified atom stereocenters. The van der Waals surface area contributed by atoms with Crippen LogP contribution in [-0.4, -0.2) is 66.8 Å². The number of piperazine rings is 1. The maximum Gasteiger partial charge on any atom is 0.256 e. The van der Waals surface area contributed by atoms with Gasteiger partial charge in [-0.2, -0.15) is 0 Å². The van der Waals surface area contributed by atoms with Crippen molar-refractivity contribution in [1.29, 1.82) is 0 Å². The SMILES string of the molecule is CCCN(CC(=O)Nc1ccc(N2CCN(C(=O)c3ccccc3F)CC2)cc1)C(=O)c1ccc(Cl)cc1. The van der Waals surface area contributed by atoms with Crippen molar-refractivity contribution in [2.24, 2.45) is 0 Å². The Balaban J connectivity index is 1.30. The summed E-state index contributed by atoms with van der Waals surface area (Å²) in [5.41, 5.74) is 2.16. The molecule has 0 saturated carbocycles. The highest BCUT2D eigenvalue weighted by Crippen LogP contribution is 2.21. The zero-order valence-corrected chi connectivity index (χ0v) is 22.0. The zero-order valence-electron chi connectivity index (χ0n) is 21.2. The molecule has 3 aromatic rings. The number of amides is 3. The molecule has 1 aliphatic heterocycles. The average molecular weight is 537 g/mol. The first-order valence-electron chi connectivity index (χ1n) is 12.6. The van der Waals surface area contributed by atoms with Gasteiger partial charge >= 0.3 is 0 Å². The molecule has 9 heteroatoms. The van der Waals surface area contributed by atoms with Crippen molar-refractivity contribution in [3.63, 3.8) is 0 Å². The summed E-state index contributed by atoms with van der Waals surface area (Å²) in [7, 11) is 0. The van der Waals surface area contributed by atoms with E-state index in [4.69, 9.17) is 11.6 Å². The van der Waals surface area contributed by atoms with Gasteiger partial charge in [-0.05, 0) is 67.1 Å². The van der Waals surface area contributed by atoms with Crippen LogP contribution in [0.3, 0.4) is 0 Å². The van der Waals surface area contributed by atoms with Crippen molar-refractivity contribution < 1.29 is 18.8 Å². The fourth-order valence-corrected chi connectivity index (χ4v) is 4.53. The number of carbonyl (C=O) groups is 3. The van der Waals surface area contributed by atoms with E-state index in [-0.39, 0.29) is 29.8 Å². The van der Waals surface area contributed by atoms with Crippen LogP contribution in [-0.2, 0) is 4.79 Å². The first-order valence-corrected chi connectivity index (χ1v) is 13.0. The van der Waals surface area contributed by atoms with E-state index in [0.717, 1.165) is 12.1 Å². The van der Waals surface area contributed by atoms with E-state index in [1.807, 2.05) is 31.2 Å². The second-order valence-electron chi connectivity index (χ2n) is 9.09. The number of hydrogen-bond donors (Lipinski definition) is 1. The van der Waals surface area contributed by atoms with E-state index in [1.54, 1.807) is 41.3 Å². The van der Waals surface area contributed by atoms with Gasteiger partial charge in [-0.25, -0.2) is 4.39 Å². The summed E-state index contributed by atoms with van der Waals surface area (Å²) in [6.07, 6.45) is 0.723. The maximum absolute atomic E-state index is 14.0. The summed E-state index contributed by atoms with van der Waals surface area (Å²) in [5, 5.41) is 3.41. The van der Waals surface area contributed by atoms with E-state index in [2.05, 4.69) is 10.2 Å². The summed E-state index contributed by atoms with van der Waals surface area (Å²) in [5.74, 6) is -1.31. The number of benzene rings is 3. The van der Waals surface area contributed by atoms with Crippen molar-refractivity contribution in [1.82, 2.24) is 9.80 Å². The first kappa shape index (κ1) is 27.1. The second-order valence-corrected chi connectivity index (χ2v) is 9.52. The third kappa shape index (κ3) is 6.69. The molecule has 0 aromatic heterocycles. The van der Waals surface area contributed by atoms with Gasteiger partial charge in [0.15, 0.2) is 0 Å². The number of nitrogens with one attached hydrogen (secondary N) is 1. The topological polar surface area (TPSA) is 73.0 Å². The summed E-state index contributed by atoms with van der Waals surface area (Å²) in [4.78, 5) is 43.6. The molecule has 1 heterocycles.